The lowest BCUT2D eigenvalue weighted by molar-refractivity contribution is 0.952. The van der Waals surface area contributed by atoms with Crippen LogP contribution in [0.2, 0.25) is 0 Å². The fraction of sp³-hybridized carbons (Fsp3) is 0.200. The van der Waals surface area contributed by atoms with E-state index in [1.54, 1.807) is 6.08 Å². The van der Waals surface area contributed by atoms with Crippen molar-refractivity contribution in [3.8, 4) is 0 Å². The molecule has 3 heteroatoms. The van der Waals surface area contributed by atoms with Gasteiger partial charge >= 0.3 is 0 Å². The predicted molar refractivity (Wildman–Crippen MR) is 33.2 cm³/mol. The molecule has 0 radical (unpaired) electrons. The van der Waals surface area contributed by atoms with Crippen LogP contribution < -0.4 is 5.84 Å². The Morgan fingerprint density at radius 3 is 2.75 bits per heavy atom. The van der Waals surface area contributed by atoms with Gasteiger partial charge in [0.05, 0.1) is 6.54 Å². The van der Waals surface area contributed by atoms with E-state index in [1.807, 2.05) is 0 Å². The molecule has 44 valence electrons. The second-order valence-electron chi connectivity index (χ2n) is 1.28. The minimum atomic E-state index is 0.444. The molecule has 0 spiro atoms. The zero-order chi connectivity index (χ0) is 6.41. The van der Waals surface area contributed by atoms with Crippen LogP contribution in [0.5, 0.6) is 0 Å². The highest BCUT2D eigenvalue weighted by molar-refractivity contribution is 5.12. The Hall–Kier alpha value is -1.12. The molecule has 0 heterocycles. The van der Waals surface area contributed by atoms with Crippen molar-refractivity contribution < 1.29 is 0 Å². The van der Waals surface area contributed by atoms with Crippen molar-refractivity contribution in [2.45, 2.75) is 0 Å². The second-order valence-corrected chi connectivity index (χ2v) is 1.28. The van der Waals surface area contributed by atoms with E-state index in [-0.39, 0.29) is 0 Å². The zero-order valence-electron chi connectivity index (χ0n) is 4.67. The summed E-state index contributed by atoms with van der Waals surface area (Å²) in [5, 5.41) is 6.51. The van der Waals surface area contributed by atoms with Crippen LogP contribution in [-0.2, 0) is 0 Å². The van der Waals surface area contributed by atoms with Crippen LogP contribution in [-0.4, -0.2) is 6.54 Å². The lowest BCUT2D eigenvalue weighted by Gasteiger charge is -1.86. The molecule has 0 saturated carbocycles. The van der Waals surface area contributed by atoms with Crippen LogP contribution in [0.25, 0.3) is 0 Å². The van der Waals surface area contributed by atoms with Gasteiger partial charge in [0, 0.05) is 0 Å². The Kier molecular flexibility index (Phi) is 3.48. The number of nitrogens with two attached hydrogens (primary N) is 1. The molecule has 0 atom stereocenters. The second kappa shape index (κ2) is 4.05. The average molecular weight is 111 g/mol. The first-order valence-electron chi connectivity index (χ1n) is 2.18. The highest BCUT2D eigenvalue weighted by atomic mass is 15.3. The van der Waals surface area contributed by atoms with Gasteiger partial charge in [-0.1, -0.05) is 24.5 Å². The molecule has 0 aromatic rings. The quantitative estimate of drug-likeness (QED) is 0.252. The maximum atomic E-state index is 4.71. The molecule has 0 bridgehead atoms. The van der Waals surface area contributed by atoms with Crippen molar-refractivity contribution in [2.24, 2.45) is 16.2 Å². The fourth-order valence-corrected chi connectivity index (χ4v) is 0.196. The molecule has 0 aromatic carbocycles. The minimum Gasteiger partial charge on any atom is -0.305 e. The first-order chi connectivity index (χ1) is 3.81. The van der Waals surface area contributed by atoms with Crippen molar-refractivity contribution in [3.05, 3.63) is 24.8 Å². The first-order valence-corrected chi connectivity index (χ1v) is 2.18. The topological polar surface area (TPSA) is 50.7 Å². The Morgan fingerprint density at radius 2 is 2.38 bits per heavy atom. The summed E-state index contributed by atoms with van der Waals surface area (Å²) in [6, 6.07) is 0. The normalized spacial score (nSPS) is 9.50. The molecule has 0 saturated heterocycles. The molecule has 0 aliphatic heterocycles. The summed E-state index contributed by atoms with van der Waals surface area (Å²) in [4.78, 5) is 0. The molecule has 8 heavy (non-hydrogen) atoms. The van der Waals surface area contributed by atoms with Crippen LogP contribution >= 0.6 is 0 Å². The summed E-state index contributed by atoms with van der Waals surface area (Å²) in [7, 11) is 0. The summed E-state index contributed by atoms with van der Waals surface area (Å²) >= 11 is 0. The van der Waals surface area contributed by atoms with Crippen LogP contribution in [0.3, 0.4) is 0 Å². The largest absolute Gasteiger partial charge is 0.305 e. The van der Waals surface area contributed by atoms with Gasteiger partial charge in [-0.3, -0.25) is 0 Å². The van der Waals surface area contributed by atoms with Crippen LogP contribution in [0.4, 0.5) is 0 Å². The molecule has 0 aliphatic carbocycles. The molecule has 0 rings (SSSR count). The summed E-state index contributed by atoms with van der Waals surface area (Å²) in [5.41, 5.74) is 0.819. The van der Waals surface area contributed by atoms with Crippen molar-refractivity contribution >= 4 is 0 Å². The van der Waals surface area contributed by atoms with Gasteiger partial charge < -0.3 is 5.84 Å². The van der Waals surface area contributed by atoms with Gasteiger partial charge in [-0.2, -0.15) is 5.11 Å². The monoisotopic (exact) mass is 111 g/mol. The van der Waals surface area contributed by atoms with E-state index in [1.165, 1.54) is 0 Å². The molecule has 0 aromatic heterocycles. The predicted octanol–water partition coefficient (Wildman–Crippen LogP) is 1.05. The van der Waals surface area contributed by atoms with E-state index >= 15 is 0 Å². The third-order valence-electron chi connectivity index (χ3n) is 0.644. The Morgan fingerprint density at radius 1 is 1.75 bits per heavy atom. The molecular weight excluding hydrogens is 102 g/mol. The van der Waals surface area contributed by atoms with Crippen LogP contribution in [0.1, 0.15) is 0 Å². The molecule has 0 fully saturated rings. The van der Waals surface area contributed by atoms with Crippen LogP contribution in [0.15, 0.2) is 35.1 Å². The van der Waals surface area contributed by atoms with E-state index in [4.69, 9.17) is 5.84 Å². The number of hydrogen-bond donors (Lipinski definition) is 1. The highest BCUT2D eigenvalue weighted by Gasteiger charge is 1.79. The molecule has 0 amide bonds. The average Bonchev–Trinajstić information content (AvgIpc) is 1.83. The maximum Gasteiger partial charge on any atom is 0.0864 e. The minimum absolute atomic E-state index is 0.444. The third kappa shape index (κ3) is 3.08. The number of nitrogens with zero attached hydrogens (tertiary/aromatic N) is 2. The Balaban J connectivity index is 3.39. The lowest BCUT2D eigenvalue weighted by Crippen LogP contribution is -1.82. The van der Waals surface area contributed by atoms with Gasteiger partial charge in [-0.25, -0.2) is 0 Å². The summed E-state index contributed by atoms with van der Waals surface area (Å²) in [6.45, 7) is 7.50. The Labute approximate surface area is 48.6 Å². The van der Waals surface area contributed by atoms with Crippen molar-refractivity contribution in [2.75, 3.05) is 6.54 Å². The number of rotatable bonds is 3. The first kappa shape index (κ1) is 6.88. The van der Waals surface area contributed by atoms with Crippen LogP contribution in [0, 0.1) is 0 Å². The standard InChI is InChI=1S/C5H9N3/c1-3-5(2)4-7-8-6/h3H,1-2,4H2,(H2,6,7). The fourth-order valence-electron chi connectivity index (χ4n) is 0.196. The molecule has 0 aliphatic rings. The number of hydrogen-bond acceptors (Lipinski definition) is 2. The molecule has 2 N–H and O–H groups in total. The van der Waals surface area contributed by atoms with Crippen molar-refractivity contribution in [1.82, 2.24) is 0 Å². The molecule has 3 nitrogen and oxygen atoms in total. The van der Waals surface area contributed by atoms with Crippen molar-refractivity contribution in [3.63, 3.8) is 0 Å². The van der Waals surface area contributed by atoms with E-state index in [0.29, 0.717) is 6.54 Å². The molecular formula is C5H9N3. The summed E-state index contributed by atoms with van der Waals surface area (Å²) in [5.74, 6) is 4.71. The smallest absolute Gasteiger partial charge is 0.0864 e. The maximum absolute atomic E-state index is 4.71. The van der Waals surface area contributed by atoms with E-state index in [2.05, 4.69) is 23.5 Å². The molecule has 0 unspecified atom stereocenters. The SMILES string of the molecule is C=CC(=C)CN=NN. The van der Waals surface area contributed by atoms with Gasteiger partial charge in [-0.05, 0) is 5.57 Å². The van der Waals surface area contributed by atoms with Gasteiger partial charge in [0.25, 0.3) is 0 Å². The van der Waals surface area contributed by atoms with Crippen molar-refractivity contribution in [1.29, 1.82) is 0 Å². The zero-order valence-corrected chi connectivity index (χ0v) is 4.67. The summed E-state index contributed by atoms with van der Waals surface area (Å²) in [6.07, 6.45) is 1.62. The third-order valence-corrected chi connectivity index (χ3v) is 0.644. The van der Waals surface area contributed by atoms with Gasteiger partial charge in [0.15, 0.2) is 0 Å². The highest BCUT2D eigenvalue weighted by Crippen LogP contribution is 1.89. The van der Waals surface area contributed by atoms with Gasteiger partial charge in [0.2, 0.25) is 0 Å². The van der Waals surface area contributed by atoms with E-state index in [0.717, 1.165) is 5.57 Å². The van der Waals surface area contributed by atoms with Gasteiger partial charge in [-0.15, -0.1) is 0 Å². The Bertz CT molecular complexity index is 115. The van der Waals surface area contributed by atoms with E-state index < -0.39 is 0 Å². The summed E-state index contributed by atoms with van der Waals surface area (Å²) < 4.78 is 0. The lowest BCUT2D eigenvalue weighted by atomic mass is 10.3. The van der Waals surface area contributed by atoms with E-state index in [9.17, 15) is 0 Å². The van der Waals surface area contributed by atoms with Gasteiger partial charge in [0.1, 0.15) is 0 Å².